The molecule has 0 radical (unpaired) electrons. The molecule has 1 amide bonds. The summed E-state index contributed by atoms with van der Waals surface area (Å²) in [5, 5.41) is 16.1. The van der Waals surface area contributed by atoms with Crippen LogP contribution in [0.1, 0.15) is 11.1 Å². The lowest BCUT2D eigenvalue weighted by Gasteiger charge is -2.21. The molecule has 0 atom stereocenters. The summed E-state index contributed by atoms with van der Waals surface area (Å²) in [4.78, 5) is 16.4. The normalized spacial score (nSPS) is 11.5. The minimum absolute atomic E-state index is 0.123. The number of nitrogens with one attached hydrogen (secondary N) is 1. The van der Waals surface area contributed by atoms with Crippen LogP contribution in [-0.4, -0.2) is 67.9 Å². The van der Waals surface area contributed by atoms with Crippen LogP contribution in [0.4, 0.5) is 0 Å². The molecule has 7 heteroatoms. The van der Waals surface area contributed by atoms with Crippen molar-refractivity contribution in [1.82, 2.24) is 15.2 Å². The van der Waals surface area contributed by atoms with E-state index in [1.807, 2.05) is 67.5 Å². The Bertz CT molecular complexity index is 1080. The third-order valence-electron chi connectivity index (χ3n) is 5.19. The van der Waals surface area contributed by atoms with Gasteiger partial charge in [0.1, 0.15) is 11.5 Å². The number of amides is 1. The largest absolute Gasteiger partial charge is 0.507 e. The number of likely N-dealkylation sites (N-methyl/N-ethyl adjacent to an activating group) is 2. The maximum absolute atomic E-state index is 12.2. The zero-order chi connectivity index (χ0) is 22.9. The second-order valence-electron chi connectivity index (χ2n) is 7.84. The first-order valence-corrected chi connectivity index (χ1v) is 10.5. The monoisotopic (exact) mass is 434 g/mol. The van der Waals surface area contributed by atoms with Crippen molar-refractivity contribution in [2.24, 2.45) is 5.10 Å². The lowest BCUT2D eigenvalue weighted by atomic mass is 10.0. The van der Waals surface area contributed by atoms with Gasteiger partial charge in [-0.25, -0.2) is 5.43 Å². The number of benzene rings is 3. The Morgan fingerprint density at radius 1 is 1.06 bits per heavy atom. The number of fused-ring (bicyclic) bond motifs is 1. The van der Waals surface area contributed by atoms with Crippen LogP contribution in [0.2, 0.25) is 0 Å². The molecule has 168 valence electrons. The Morgan fingerprint density at radius 3 is 2.66 bits per heavy atom. The number of hydrazone groups is 1. The summed E-state index contributed by atoms with van der Waals surface area (Å²) in [6.45, 7) is 2.58. The van der Waals surface area contributed by atoms with Crippen LogP contribution < -0.4 is 10.2 Å². The van der Waals surface area contributed by atoms with Gasteiger partial charge in [-0.1, -0.05) is 42.5 Å². The van der Waals surface area contributed by atoms with Crippen molar-refractivity contribution in [3.05, 3.63) is 71.8 Å². The van der Waals surface area contributed by atoms with Crippen LogP contribution in [0, 0.1) is 0 Å². The number of nitrogens with zero attached hydrogens (tertiary/aromatic N) is 3. The molecule has 0 heterocycles. The maximum Gasteiger partial charge on any atom is 0.254 e. The number of hydrogen-bond acceptors (Lipinski definition) is 6. The minimum Gasteiger partial charge on any atom is -0.507 e. The predicted molar refractivity (Wildman–Crippen MR) is 128 cm³/mol. The first-order chi connectivity index (χ1) is 15.5. The van der Waals surface area contributed by atoms with Gasteiger partial charge in [-0.15, -0.1) is 0 Å². The number of rotatable bonds is 10. The molecule has 7 nitrogen and oxygen atoms in total. The molecule has 0 aromatic heterocycles. The molecule has 3 aromatic rings. The van der Waals surface area contributed by atoms with Gasteiger partial charge in [0, 0.05) is 25.2 Å². The molecule has 0 saturated heterocycles. The van der Waals surface area contributed by atoms with Crippen LogP contribution in [0.5, 0.6) is 11.5 Å². The van der Waals surface area contributed by atoms with Crippen molar-refractivity contribution in [2.45, 2.75) is 6.54 Å². The maximum atomic E-state index is 12.2. The number of phenolic OH excluding ortho intramolecular Hbond substituents is 1. The number of aromatic hydroxyl groups is 1. The molecule has 0 unspecified atom stereocenters. The molecule has 0 aliphatic heterocycles. The van der Waals surface area contributed by atoms with Crippen molar-refractivity contribution < 1.29 is 14.6 Å². The summed E-state index contributed by atoms with van der Waals surface area (Å²) in [6.07, 6.45) is 1.48. The van der Waals surface area contributed by atoms with Crippen LogP contribution >= 0.6 is 0 Å². The van der Waals surface area contributed by atoms with E-state index in [0.29, 0.717) is 5.56 Å². The second kappa shape index (κ2) is 11.3. The summed E-state index contributed by atoms with van der Waals surface area (Å²) < 4.78 is 5.27. The highest BCUT2D eigenvalue weighted by atomic mass is 16.5. The summed E-state index contributed by atoms with van der Waals surface area (Å²) in [5.74, 6) is 0.763. The van der Waals surface area contributed by atoms with Gasteiger partial charge < -0.3 is 14.7 Å². The average Bonchev–Trinajstić information content (AvgIpc) is 2.79. The molecular weight excluding hydrogens is 404 g/mol. The minimum atomic E-state index is -0.209. The molecule has 0 fully saturated rings. The van der Waals surface area contributed by atoms with E-state index in [2.05, 4.69) is 21.5 Å². The number of carbonyl (C=O) groups excluding carboxylic acids is 1. The number of phenols is 1. The fraction of sp³-hybridized carbons (Fsp3) is 0.280. The molecule has 0 aliphatic rings. The van der Waals surface area contributed by atoms with Crippen LogP contribution in [0.3, 0.4) is 0 Å². The van der Waals surface area contributed by atoms with Gasteiger partial charge >= 0.3 is 0 Å². The van der Waals surface area contributed by atoms with Crippen LogP contribution in [0.15, 0.2) is 65.8 Å². The van der Waals surface area contributed by atoms with Gasteiger partial charge in [-0.3, -0.25) is 9.69 Å². The highest BCUT2D eigenvalue weighted by Gasteiger charge is 2.09. The summed E-state index contributed by atoms with van der Waals surface area (Å²) in [7, 11) is 5.62. The Morgan fingerprint density at radius 2 is 1.84 bits per heavy atom. The Kier molecular flexibility index (Phi) is 8.19. The van der Waals surface area contributed by atoms with Crippen molar-refractivity contribution in [3.8, 4) is 11.5 Å². The summed E-state index contributed by atoms with van der Waals surface area (Å²) in [6, 6.07) is 19.2. The first kappa shape index (κ1) is 23.2. The van der Waals surface area contributed by atoms with E-state index < -0.39 is 0 Å². The van der Waals surface area contributed by atoms with Crippen molar-refractivity contribution >= 4 is 22.9 Å². The van der Waals surface area contributed by atoms with E-state index in [0.717, 1.165) is 36.2 Å². The quantitative estimate of drug-likeness (QED) is 0.379. The smallest absolute Gasteiger partial charge is 0.254 e. The predicted octanol–water partition coefficient (Wildman–Crippen LogP) is 3.07. The number of carbonyl (C=O) groups is 1. The SMILES string of the molecule is COc1cccc(CN(C)CCN(C)CC(=O)NN=Cc2c(O)ccc3ccccc23)c1. The van der Waals surface area contributed by atoms with Crippen molar-refractivity contribution in [1.29, 1.82) is 0 Å². The van der Waals surface area contributed by atoms with Gasteiger partial charge in [0.25, 0.3) is 5.91 Å². The molecule has 3 aromatic carbocycles. The zero-order valence-electron chi connectivity index (χ0n) is 18.8. The van der Waals surface area contributed by atoms with Gasteiger partial charge in [0.15, 0.2) is 0 Å². The molecule has 0 bridgehead atoms. The molecule has 0 saturated carbocycles. The topological polar surface area (TPSA) is 77.4 Å². The van der Waals surface area contributed by atoms with E-state index in [4.69, 9.17) is 4.74 Å². The summed E-state index contributed by atoms with van der Waals surface area (Å²) >= 11 is 0. The lowest BCUT2D eigenvalue weighted by molar-refractivity contribution is -0.121. The molecule has 0 aliphatic carbocycles. The Hall–Kier alpha value is -3.42. The van der Waals surface area contributed by atoms with Gasteiger partial charge in [-0.05, 0) is 48.6 Å². The second-order valence-corrected chi connectivity index (χ2v) is 7.84. The molecule has 0 spiro atoms. The highest BCUT2D eigenvalue weighted by Crippen LogP contribution is 2.25. The molecule has 2 N–H and O–H groups in total. The van der Waals surface area contributed by atoms with Crippen molar-refractivity contribution in [2.75, 3.05) is 40.8 Å². The van der Waals surface area contributed by atoms with Gasteiger partial charge in [0.05, 0.1) is 19.9 Å². The number of hydrogen-bond donors (Lipinski definition) is 2. The first-order valence-electron chi connectivity index (χ1n) is 10.5. The van der Waals surface area contributed by atoms with Crippen molar-refractivity contribution in [3.63, 3.8) is 0 Å². The van der Waals surface area contributed by atoms with Gasteiger partial charge in [0.2, 0.25) is 0 Å². The fourth-order valence-electron chi connectivity index (χ4n) is 3.45. The highest BCUT2D eigenvalue weighted by molar-refractivity contribution is 6.02. The number of methoxy groups -OCH3 is 1. The van der Waals surface area contributed by atoms with Crippen LogP contribution in [0.25, 0.3) is 10.8 Å². The standard InChI is InChI=1S/C25H30N4O3/c1-28(17-19-7-6-9-21(15-19)32-3)13-14-29(2)18-25(31)27-26-16-23-22-10-5-4-8-20(22)11-12-24(23)30/h4-12,15-16,30H,13-14,17-18H2,1-3H3,(H,27,31). The third-order valence-corrected chi connectivity index (χ3v) is 5.19. The lowest BCUT2D eigenvalue weighted by Crippen LogP contribution is -2.37. The van der Waals surface area contributed by atoms with E-state index in [-0.39, 0.29) is 18.2 Å². The zero-order valence-corrected chi connectivity index (χ0v) is 18.8. The molecule has 32 heavy (non-hydrogen) atoms. The Balaban J connectivity index is 1.45. The third kappa shape index (κ3) is 6.54. The van der Waals surface area contributed by atoms with E-state index in [1.54, 1.807) is 13.2 Å². The fourth-order valence-corrected chi connectivity index (χ4v) is 3.45. The van der Waals surface area contributed by atoms with E-state index in [1.165, 1.54) is 11.8 Å². The van der Waals surface area contributed by atoms with Crippen LogP contribution in [-0.2, 0) is 11.3 Å². The Labute approximate surface area is 188 Å². The van der Waals surface area contributed by atoms with E-state index >= 15 is 0 Å². The molecule has 3 rings (SSSR count). The van der Waals surface area contributed by atoms with Gasteiger partial charge in [-0.2, -0.15) is 5.10 Å². The summed E-state index contributed by atoms with van der Waals surface area (Å²) in [5.41, 5.74) is 4.30. The average molecular weight is 435 g/mol. The molecular formula is C25H30N4O3. The number of ether oxygens (including phenoxy) is 1. The van der Waals surface area contributed by atoms with E-state index in [9.17, 15) is 9.90 Å².